The predicted octanol–water partition coefficient (Wildman–Crippen LogP) is 3.31. The number of thiophene rings is 1. The standard InChI is InChI=1S/C21H27N5O3S2/c1-14-12-16(15(2)25(14)8-5-10-29-3)17(27)13-31-21-24-23-20(18-6-4-11-30-18)26(21)9-7-19(22)28/h4,6,11-12H,5,7-10,13H2,1-3H3,(H2,22,28). The number of aryl methyl sites for hydroxylation is 1. The van der Waals surface area contributed by atoms with Gasteiger partial charge in [-0.05, 0) is 37.8 Å². The molecule has 0 saturated carbocycles. The number of methoxy groups -OCH3 is 1. The van der Waals surface area contributed by atoms with E-state index < -0.39 is 5.91 Å². The van der Waals surface area contributed by atoms with Gasteiger partial charge in [0.2, 0.25) is 5.91 Å². The molecular weight excluding hydrogens is 434 g/mol. The molecule has 10 heteroatoms. The van der Waals surface area contributed by atoms with Crippen molar-refractivity contribution in [3.05, 3.63) is 40.5 Å². The Morgan fingerprint density at radius 3 is 2.71 bits per heavy atom. The summed E-state index contributed by atoms with van der Waals surface area (Å²) in [5.41, 5.74) is 8.10. The monoisotopic (exact) mass is 461 g/mol. The van der Waals surface area contributed by atoms with Crippen molar-refractivity contribution in [3.63, 3.8) is 0 Å². The number of nitrogens with zero attached hydrogens (tertiary/aromatic N) is 4. The Morgan fingerprint density at radius 2 is 2.03 bits per heavy atom. The first-order chi connectivity index (χ1) is 14.9. The van der Waals surface area contributed by atoms with Gasteiger partial charge < -0.3 is 19.6 Å². The number of ketones is 1. The summed E-state index contributed by atoms with van der Waals surface area (Å²) in [6.45, 7) is 5.86. The Morgan fingerprint density at radius 1 is 1.23 bits per heavy atom. The maximum atomic E-state index is 13.0. The number of carbonyl (C=O) groups is 2. The van der Waals surface area contributed by atoms with Crippen LogP contribution in [0.4, 0.5) is 0 Å². The van der Waals surface area contributed by atoms with Crippen molar-refractivity contribution in [2.75, 3.05) is 19.5 Å². The Hall–Kier alpha value is -2.43. The molecule has 166 valence electrons. The van der Waals surface area contributed by atoms with Crippen LogP contribution in [0.5, 0.6) is 0 Å². The first kappa shape index (κ1) is 23.2. The second-order valence-electron chi connectivity index (χ2n) is 7.15. The van der Waals surface area contributed by atoms with Crippen molar-refractivity contribution in [1.82, 2.24) is 19.3 Å². The average molecular weight is 462 g/mol. The van der Waals surface area contributed by atoms with Crippen LogP contribution in [0.15, 0.2) is 28.7 Å². The second kappa shape index (κ2) is 10.7. The minimum absolute atomic E-state index is 0.0400. The number of ether oxygens (including phenoxy) is 1. The lowest BCUT2D eigenvalue weighted by Crippen LogP contribution is -2.15. The molecule has 1 amide bonds. The minimum atomic E-state index is -0.390. The van der Waals surface area contributed by atoms with E-state index in [-0.39, 0.29) is 18.0 Å². The van der Waals surface area contributed by atoms with Crippen molar-refractivity contribution in [3.8, 4) is 10.7 Å². The highest BCUT2D eigenvalue weighted by molar-refractivity contribution is 7.99. The molecule has 3 heterocycles. The van der Waals surface area contributed by atoms with Crippen LogP contribution in [-0.2, 0) is 22.6 Å². The van der Waals surface area contributed by atoms with Gasteiger partial charge in [-0.2, -0.15) is 0 Å². The van der Waals surface area contributed by atoms with E-state index in [4.69, 9.17) is 10.5 Å². The normalized spacial score (nSPS) is 11.2. The van der Waals surface area contributed by atoms with E-state index >= 15 is 0 Å². The van der Waals surface area contributed by atoms with Gasteiger partial charge in [0.25, 0.3) is 0 Å². The molecule has 0 aliphatic rings. The topological polar surface area (TPSA) is 105 Å². The third-order valence-electron chi connectivity index (χ3n) is 4.98. The first-order valence-corrected chi connectivity index (χ1v) is 11.9. The molecule has 0 aromatic carbocycles. The number of amides is 1. The highest BCUT2D eigenvalue weighted by Crippen LogP contribution is 2.28. The second-order valence-corrected chi connectivity index (χ2v) is 9.04. The van der Waals surface area contributed by atoms with E-state index in [9.17, 15) is 9.59 Å². The third-order valence-corrected chi connectivity index (χ3v) is 6.81. The summed E-state index contributed by atoms with van der Waals surface area (Å²) >= 11 is 2.87. The van der Waals surface area contributed by atoms with Gasteiger partial charge in [0.15, 0.2) is 16.8 Å². The summed E-state index contributed by atoms with van der Waals surface area (Å²) in [6.07, 6.45) is 1.07. The van der Waals surface area contributed by atoms with Crippen LogP contribution < -0.4 is 5.73 Å². The van der Waals surface area contributed by atoms with E-state index in [1.165, 1.54) is 11.8 Å². The van der Waals surface area contributed by atoms with E-state index in [0.717, 1.165) is 34.8 Å². The summed E-state index contributed by atoms with van der Waals surface area (Å²) in [4.78, 5) is 25.2. The number of nitrogens with two attached hydrogens (primary N) is 1. The highest BCUT2D eigenvalue weighted by Gasteiger charge is 2.20. The number of aromatic nitrogens is 4. The van der Waals surface area contributed by atoms with Gasteiger partial charge in [0.1, 0.15) is 0 Å². The van der Waals surface area contributed by atoms with E-state index in [1.54, 1.807) is 18.4 Å². The molecule has 0 aliphatic heterocycles. The van der Waals surface area contributed by atoms with Crippen molar-refractivity contribution in [1.29, 1.82) is 0 Å². The van der Waals surface area contributed by atoms with Crippen LogP contribution in [0.3, 0.4) is 0 Å². The molecule has 3 aromatic rings. The minimum Gasteiger partial charge on any atom is -0.385 e. The summed E-state index contributed by atoms with van der Waals surface area (Å²) in [5.74, 6) is 0.570. The number of thioether (sulfide) groups is 1. The van der Waals surface area contributed by atoms with Gasteiger partial charge in [-0.25, -0.2) is 0 Å². The summed E-state index contributed by atoms with van der Waals surface area (Å²) in [6, 6.07) is 5.83. The zero-order chi connectivity index (χ0) is 22.4. The lowest BCUT2D eigenvalue weighted by Gasteiger charge is -2.10. The molecule has 3 rings (SSSR count). The van der Waals surface area contributed by atoms with E-state index in [0.29, 0.717) is 24.1 Å². The molecule has 31 heavy (non-hydrogen) atoms. The van der Waals surface area contributed by atoms with Crippen LogP contribution in [0.25, 0.3) is 10.7 Å². The molecule has 0 fully saturated rings. The van der Waals surface area contributed by atoms with Crippen LogP contribution in [0, 0.1) is 13.8 Å². The fourth-order valence-electron chi connectivity index (χ4n) is 3.41. The molecule has 0 radical (unpaired) electrons. The molecule has 0 bridgehead atoms. The zero-order valence-corrected chi connectivity index (χ0v) is 19.6. The Labute approximate surface area is 189 Å². The van der Waals surface area contributed by atoms with Crippen molar-refractivity contribution < 1.29 is 14.3 Å². The van der Waals surface area contributed by atoms with Crippen molar-refractivity contribution >= 4 is 34.8 Å². The quantitative estimate of drug-likeness (QED) is 0.252. The van der Waals surface area contributed by atoms with Gasteiger partial charge >= 0.3 is 0 Å². The number of rotatable bonds is 12. The van der Waals surface area contributed by atoms with Gasteiger partial charge in [-0.15, -0.1) is 21.5 Å². The SMILES string of the molecule is COCCCn1c(C)cc(C(=O)CSc2nnc(-c3cccs3)n2CCC(N)=O)c1C. The molecule has 2 N–H and O–H groups in total. The maximum Gasteiger partial charge on any atom is 0.219 e. The van der Waals surface area contributed by atoms with Crippen LogP contribution in [-0.4, -0.2) is 50.5 Å². The molecular formula is C21H27N5O3S2. The number of hydrogen-bond donors (Lipinski definition) is 1. The summed E-state index contributed by atoms with van der Waals surface area (Å²) < 4.78 is 9.15. The summed E-state index contributed by atoms with van der Waals surface area (Å²) in [7, 11) is 1.69. The largest absolute Gasteiger partial charge is 0.385 e. The Kier molecular flexibility index (Phi) is 8.05. The predicted molar refractivity (Wildman–Crippen MR) is 123 cm³/mol. The number of primary amides is 1. The zero-order valence-electron chi connectivity index (χ0n) is 18.0. The molecule has 8 nitrogen and oxygen atoms in total. The van der Waals surface area contributed by atoms with Gasteiger partial charge in [-0.3, -0.25) is 9.59 Å². The van der Waals surface area contributed by atoms with Crippen LogP contribution in [0.1, 0.15) is 34.6 Å². The van der Waals surface area contributed by atoms with Crippen LogP contribution in [0.2, 0.25) is 0 Å². The maximum absolute atomic E-state index is 13.0. The van der Waals surface area contributed by atoms with Crippen LogP contribution >= 0.6 is 23.1 Å². The Bertz CT molecular complexity index is 1040. The molecule has 0 aliphatic carbocycles. The molecule has 0 spiro atoms. The van der Waals surface area contributed by atoms with Gasteiger partial charge in [-0.1, -0.05) is 17.8 Å². The summed E-state index contributed by atoms with van der Waals surface area (Å²) in [5, 5.41) is 11.1. The lowest BCUT2D eigenvalue weighted by molar-refractivity contribution is -0.118. The highest BCUT2D eigenvalue weighted by atomic mass is 32.2. The number of hydrogen-bond acceptors (Lipinski definition) is 7. The fraction of sp³-hybridized carbons (Fsp3) is 0.429. The fourth-order valence-corrected chi connectivity index (χ4v) is 4.97. The van der Waals surface area contributed by atoms with Crippen molar-refractivity contribution in [2.45, 2.75) is 44.9 Å². The molecule has 0 saturated heterocycles. The third kappa shape index (κ3) is 5.63. The lowest BCUT2D eigenvalue weighted by atomic mass is 10.2. The first-order valence-electron chi connectivity index (χ1n) is 9.99. The molecule has 3 aromatic heterocycles. The molecule has 0 unspecified atom stereocenters. The molecule has 0 atom stereocenters. The van der Waals surface area contributed by atoms with Gasteiger partial charge in [0.05, 0.1) is 10.6 Å². The number of carbonyl (C=O) groups excluding carboxylic acids is 2. The van der Waals surface area contributed by atoms with Crippen molar-refractivity contribution in [2.24, 2.45) is 5.73 Å². The smallest absolute Gasteiger partial charge is 0.219 e. The Balaban J connectivity index is 1.74. The van der Waals surface area contributed by atoms with E-state index in [2.05, 4.69) is 14.8 Å². The number of Topliss-reactive ketones (excluding diaryl/α,β-unsaturated/α-hetero) is 1. The van der Waals surface area contributed by atoms with E-state index in [1.807, 2.05) is 42.0 Å². The van der Waals surface area contributed by atoms with Gasteiger partial charge in [0, 0.05) is 50.2 Å². The average Bonchev–Trinajstić information content (AvgIpc) is 3.45.